The van der Waals surface area contributed by atoms with Crippen molar-refractivity contribution < 1.29 is 4.74 Å². The first kappa shape index (κ1) is 8.01. The molecule has 0 radical (unpaired) electrons. The van der Waals surface area contributed by atoms with Gasteiger partial charge >= 0.3 is 0 Å². The maximum atomic E-state index is 11.0. The highest BCUT2D eigenvalue weighted by atomic mass is 16.5. The van der Waals surface area contributed by atoms with Gasteiger partial charge < -0.3 is 4.74 Å². The predicted octanol–water partition coefficient (Wildman–Crippen LogP) is 0.842. The van der Waals surface area contributed by atoms with E-state index in [2.05, 4.69) is 0 Å². The molecule has 1 heterocycles. The number of hydrogen-bond acceptors (Lipinski definition) is 2. The molecule has 3 heteroatoms. The van der Waals surface area contributed by atoms with Crippen LogP contribution in [-0.4, -0.2) is 11.2 Å². The summed E-state index contributed by atoms with van der Waals surface area (Å²) in [7, 11) is 0. The molecule has 60 valence electrons. The molecule has 0 atom stereocenters. The van der Waals surface area contributed by atoms with E-state index < -0.39 is 0 Å². The van der Waals surface area contributed by atoms with Gasteiger partial charge in [-0.3, -0.25) is 9.36 Å². The number of hydrogen-bond donors (Lipinski definition) is 0. The lowest BCUT2D eigenvalue weighted by molar-refractivity contribution is 0.0854. The highest BCUT2D eigenvalue weighted by Crippen LogP contribution is 1.82. The van der Waals surface area contributed by atoms with E-state index in [0.717, 1.165) is 0 Å². The van der Waals surface area contributed by atoms with Crippen LogP contribution in [-0.2, 0) is 11.5 Å². The Kier molecular flexibility index (Phi) is 2.86. The van der Waals surface area contributed by atoms with Crippen LogP contribution >= 0.6 is 0 Å². The minimum absolute atomic E-state index is 0.0269. The Morgan fingerprint density at radius 3 is 3.00 bits per heavy atom. The van der Waals surface area contributed by atoms with Gasteiger partial charge in [0.1, 0.15) is 6.73 Å². The molecule has 11 heavy (non-hydrogen) atoms. The summed E-state index contributed by atoms with van der Waals surface area (Å²) in [5.41, 5.74) is -0.0269. The molecule has 0 aliphatic carbocycles. The topological polar surface area (TPSA) is 31.2 Å². The van der Waals surface area contributed by atoms with E-state index in [1.54, 1.807) is 18.3 Å². The molecule has 0 bridgehead atoms. The third-order valence-electron chi connectivity index (χ3n) is 1.33. The van der Waals surface area contributed by atoms with Gasteiger partial charge in [-0.25, -0.2) is 0 Å². The van der Waals surface area contributed by atoms with E-state index in [9.17, 15) is 4.79 Å². The monoisotopic (exact) mass is 153 g/mol. The molecular weight excluding hydrogens is 142 g/mol. The molecule has 1 aromatic rings. The van der Waals surface area contributed by atoms with Crippen molar-refractivity contribution in [1.82, 2.24) is 4.57 Å². The fourth-order valence-corrected chi connectivity index (χ4v) is 0.757. The molecule has 0 saturated heterocycles. The fraction of sp³-hybridized carbons (Fsp3) is 0.375. The van der Waals surface area contributed by atoms with Gasteiger partial charge in [-0.1, -0.05) is 6.07 Å². The van der Waals surface area contributed by atoms with Gasteiger partial charge in [0, 0.05) is 18.9 Å². The van der Waals surface area contributed by atoms with Crippen LogP contribution in [0.25, 0.3) is 0 Å². The third-order valence-corrected chi connectivity index (χ3v) is 1.33. The Labute approximate surface area is 65.2 Å². The molecule has 3 nitrogen and oxygen atoms in total. The second kappa shape index (κ2) is 3.93. The quantitative estimate of drug-likeness (QED) is 0.644. The molecule has 0 spiro atoms. The molecule has 0 aliphatic heterocycles. The Hall–Kier alpha value is -1.09. The van der Waals surface area contributed by atoms with Crippen LogP contribution < -0.4 is 5.56 Å². The number of pyridine rings is 1. The van der Waals surface area contributed by atoms with Crippen LogP contribution in [0.5, 0.6) is 0 Å². The smallest absolute Gasteiger partial charge is 0.252 e. The summed E-state index contributed by atoms with van der Waals surface area (Å²) in [6.45, 7) is 2.87. The minimum Gasteiger partial charge on any atom is -0.361 e. The maximum Gasteiger partial charge on any atom is 0.252 e. The fourth-order valence-electron chi connectivity index (χ4n) is 0.757. The van der Waals surface area contributed by atoms with Crippen LogP contribution in [0.3, 0.4) is 0 Å². The van der Waals surface area contributed by atoms with E-state index in [-0.39, 0.29) is 5.56 Å². The van der Waals surface area contributed by atoms with Gasteiger partial charge in [0.2, 0.25) is 0 Å². The first-order valence-electron chi connectivity index (χ1n) is 3.58. The zero-order chi connectivity index (χ0) is 8.10. The number of ether oxygens (including phenoxy) is 1. The van der Waals surface area contributed by atoms with Gasteiger partial charge in [0.25, 0.3) is 5.56 Å². The number of nitrogens with zero attached hydrogens (tertiary/aromatic N) is 1. The molecule has 1 rings (SSSR count). The largest absolute Gasteiger partial charge is 0.361 e. The molecule has 0 N–H and O–H groups in total. The summed E-state index contributed by atoms with van der Waals surface area (Å²) in [4.78, 5) is 11.0. The predicted molar refractivity (Wildman–Crippen MR) is 42.3 cm³/mol. The Morgan fingerprint density at radius 2 is 2.36 bits per heavy atom. The zero-order valence-electron chi connectivity index (χ0n) is 6.49. The highest BCUT2D eigenvalue weighted by Gasteiger charge is 1.90. The lowest BCUT2D eigenvalue weighted by Gasteiger charge is -2.02. The van der Waals surface area contributed by atoms with Gasteiger partial charge in [0.05, 0.1) is 0 Å². The van der Waals surface area contributed by atoms with Crippen LogP contribution in [0, 0.1) is 0 Å². The first-order valence-corrected chi connectivity index (χ1v) is 3.58. The lowest BCUT2D eigenvalue weighted by Crippen LogP contribution is -2.19. The molecular formula is C8H11NO2. The van der Waals surface area contributed by atoms with E-state index in [4.69, 9.17) is 4.74 Å². The Bertz CT molecular complexity index is 267. The van der Waals surface area contributed by atoms with Crippen molar-refractivity contribution in [3.63, 3.8) is 0 Å². The molecule has 0 aromatic carbocycles. The van der Waals surface area contributed by atoms with Crippen molar-refractivity contribution >= 4 is 0 Å². The molecule has 0 aliphatic rings. The van der Waals surface area contributed by atoms with Crippen molar-refractivity contribution in [2.45, 2.75) is 13.7 Å². The highest BCUT2D eigenvalue weighted by molar-refractivity contribution is 4.92. The Balaban J connectivity index is 2.70. The first-order chi connectivity index (χ1) is 5.34. The van der Waals surface area contributed by atoms with E-state index in [1.807, 2.05) is 6.92 Å². The summed E-state index contributed by atoms with van der Waals surface area (Å²) >= 11 is 0. The number of aromatic nitrogens is 1. The molecule has 0 saturated carbocycles. The molecule has 1 aromatic heterocycles. The van der Waals surface area contributed by atoms with Crippen molar-refractivity contribution in [3.05, 3.63) is 34.7 Å². The third kappa shape index (κ3) is 2.20. The Morgan fingerprint density at radius 1 is 1.55 bits per heavy atom. The van der Waals surface area contributed by atoms with Crippen LogP contribution in [0.1, 0.15) is 6.92 Å². The van der Waals surface area contributed by atoms with Crippen molar-refractivity contribution in [2.24, 2.45) is 0 Å². The number of rotatable bonds is 3. The zero-order valence-corrected chi connectivity index (χ0v) is 6.49. The summed E-state index contributed by atoms with van der Waals surface area (Å²) in [5.74, 6) is 0. The minimum atomic E-state index is -0.0269. The summed E-state index contributed by atoms with van der Waals surface area (Å²) in [6.07, 6.45) is 1.71. The van der Waals surface area contributed by atoms with E-state index >= 15 is 0 Å². The summed E-state index contributed by atoms with van der Waals surface area (Å²) in [6, 6.07) is 5.03. The summed E-state index contributed by atoms with van der Waals surface area (Å²) < 4.78 is 6.58. The van der Waals surface area contributed by atoms with E-state index in [0.29, 0.717) is 13.3 Å². The van der Waals surface area contributed by atoms with Gasteiger partial charge in [-0.2, -0.15) is 0 Å². The van der Waals surface area contributed by atoms with Gasteiger partial charge in [-0.15, -0.1) is 0 Å². The standard InChI is InChI=1S/C8H11NO2/c1-2-11-7-9-6-4-3-5-8(9)10/h3-6H,2,7H2,1H3. The lowest BCUT2D eigenvalue weighted by atomic mass is 10.5. The van der Waals surface area contributed by atoms with Crippen LogP contribution in [0.4, 0.5) is 0 Å². The van der Waals surface area contributed by atoms with E-state index in [1.165, 1.54) is 10.6 Å². The van der Waals surface area contributed by atoms with Crippen molar-refractivity contribution in [1.29, 1.82) is 0 Å². The average molecular weight is 153 g/mol. The second-order valence-electron chi connectivity index (χ2n) is 2.13. The van der Waals surface area contributed by atoms with Gasteiger partial charge in [0.15, 0.2) is 0 Å². The van der Waals surface area contributed by atoms with Crippen LogP contribution in [0.15, 0.2) is 29.2 Å². The van der Waals surface area contributed by atoms with Crippen molar-refractivity contribution in [3.8, 4) is 0 Å². The normalized spacial score (nSPS) is 9.91. The average Bonchev–Trinajstić information content (AvgIpc) is 2.03. The summed E-state index contributed by atoms with van der Waals surface area (Å²) in [5, 5.41) is 0. The SMILES string of the molecule is CCOCn1ccccc1=O. The van der Waals surface area contributed by atoms with Crippen LogP contribution in [0.2, 0.25) is 0 Å². The van der Waals surface area contributed by atoms with Crippen molar-refractivity contribution in [2.75, 3.05) is 6.61 Å². The second-order valence-corrected chi connectivity index (χ2v) is 2.13. The molecule has 0 fully saturated rings. The van der Waals surface area contributed by atoms with Gasteiger partial charge in [-0.05, 0) is 13.0 Å². The molecule has 0 amide bonds. The maximum absolute atomic E-state index is 11.0. The molecule has 0 unspecified atom stereocenters.